The smallest absolute Gasteiger partial charge is 0.275 e. The largest absolute Gasteiger partial charge is 0.289 e. The molecule has 1 amide bonds. The van der Waals surface area contributed by atoms with E-state index in [-0.39, 0.29) is 11.3 Å². The summed E-state index contributed by atoms with van der Waals surface area (Å²) in [6.45, 7) is 0.489. The molecule has 0 radical (unpaired) electrons. The van der Waals surface area contributed by atoms with Crippen LogP contribution in [0.1, 0.15) is 14.5 Å². The number of nitrogen functional groups attached to an aromatic ring is 1. The third-order valence-electron chi connectivity index (χ3n) is 3.08. The lowest BCUT2D eigenvalue weighted by atomic mass is 10.2. The van der Waals surface area contributed by atoms with Crippen molar-refractivity contribution < 1.29 is 4.79 Å². The van der Waals surface area contributed by atoms with Gasteiger partial charge in [0.1, 0.15) is 0 Å². The first-order valence-corrected chi connectivity index (χ1v) is 7.05. The summed E-state index contributed by atoms with van der Waals surface area (Å²) in [5, 5.41) is 4.79. The quantitative estimate of drug-likeness (QED) is 0.431. The first-order chi connectivity index (χ1) is 10.2. The van der Waals surface area contributed by atoms with Gasteiger partial charge in [0, 0.05) is 10.3 Å². The third kappa shape index (κ3) is 2.56. The molecule has 0 fully saturated rings. The van der Waals surface area contributed by atoms with Gasteiger partial charge in [-0.3, -0.25) is 19.7 Å². The van der Waals surface area contributed by atoms with Crippen LogP contribution in [0.4, 0.5) is 0 Å². The molecule has 106 valence electrons. The van der Waals surface area contributed by atoms with Crippen LogP contribution in [-0.2, 0) is 6.54 Å². The zero-order valence-electron chi connectivity index (χ0n) is 10.9. The van der Waals surface area contributed by atoms with Crippen LogP contribution in [-0.4, -0.2) is 15.7 Å². The topological polar surface area (TPSA) is 90.0 Å². The summed E-state index contributed by atoms with van der Waals surface area (Å²) >= 11 is 1.34. The van der Waals surface area contributed by atoms with Crippen molar-refractivity contribution in [3.8, 4) is 0 Å². The Morgan fingerprint density at radius 3 is 2.90 bits per heavy atom. The lowest BCUT2D eigenvalue weighted by molar-refractivity contribution is 0.0957. The Morgan fingerprint density at radius 1 is 1.29 bits per heavy atom. The van der Waals surface area contributed by atoms with Gasteiger partial charge in [-0.15, -0.1) is 11.3 Å². The van der Waals surface area contributed by atoms with Crippen LogP contribution in [0.15, 0.2) is 47.4 Å². The molecule has 0 unspecified atom stereocenters. The summed E-state index contributed by atoms with van der Waals surface area (Å²) in [5.41, 5.74) is 2.77. The van der Waals surface area contributed by atoms with Crippen molar-refractivity contribution in [3.05, 3.63) is 62.6 Å². The molecule has 1 aromatic carbocycles. The number of hydrazine groups is 1. The molecule has 6 nitrogen and oxygen atoms in total. The maximum atomic E-state index is 11.8. The van der Waals surface area contributed by atoms with E-state index in [1.54, 1.807) is 16.8 Å². The fraction of sp³-hybridized carbons (Fsp3) is 0.0714. The number of nitrogens with one attached hydrogen (secondary N) is 1. The molecule has 2 heterocycles. The van der Waals surface area contributed by atoms with E-state index in [2.05, 4.69) is 10.5 Å². The van der Waals surface area contributed by atoms with Gasteiger partial charge >= 0.3 is 0 Å². The lowest BCUT2D eigenvalue weighted by Crippen LogP contribution is -2.29. The lowest BCUT2D eigenvalue weighted by Gasteiger charge is -2.07. The standard InChI is InChI=1S/C14H12N4O2S/c15-17-14(20)13-6-5-9(21-13)8-18-11-4-2-1-3-10(11)12(19)7-16-18/h1-7H,8,15H2,(H,17,20). The van der Waals surface area contributed by atoms with E-state index < -0.39 is 0 Å². The summed E-state index contributed by atoms with van der Waals surface area (Å²) in [4.78, 5) is 24.7. The van der Waals surface area contributed by atoms with Gasteiger partial charge in [-0.1, -0.05) is 12.1 Å². The van der Waals surface area contributed by atoms with Crippen molar-refractivity contribution in [3.63, 3.8) is 0 Å². The van der Waals surface area contributed by atoms with E-state index in [0.717, 1.165) is 10.4 Å². The number of para-hydroxylation sites is 1. The van der Waals surface area contributed by atoms with Crippen molar-refractivity contribution in [1.29, 1.82) is 0 Å². The second kappa shape index (κ2) is 5.47. The van der Waals surface area contributed by atoms with Gasteiger partial charge in [0.2, 0.25) is 5.43 Å². The second-order valence-electron chi connectivity index (χ2n) is 4.42. The Morgan fingerprint density at radius 2 is 2.10 bits per heavy atom. The molecule has 0 spiro atoms. The minimum Gasteiger partial charge on any atom is -0.289 e. The molecular formula is C14H12N4O2S. The first-order valence-electron chi connectivity index (χ1n) is 6.23. The molecule has 7 heteroatoms. The Bertz CT molecular complexity index is 869. The predicted octanol–water partition coefficient (Wildman–Crippen LogP) is 1.11. The molecule has 0 saturated carbocycles. The number of aromatic nitrogens is 2. The van der Waals surface area contributed by atoms with Crippen LogP contribution < -0.4 is 16.7 Å². The molecule has 2 aromatic heterocycles. The molecule has 0 aliphatic rings. The molecule has 0 saturated heterocycles. The average Bonchev–Trinajstić information content (AvgIpc) is 2.98. The van der Waals surface area contributed by atoms with Gasteiger partial charge in [-0.2, -0.15) is 5.10 Å². The Hall–Kier alpha value is -2.51. The van der Waals surface area contributed by atoms with Gasteiger partial charge in [0.05, 0.1) is 23.1 Å². The maximum absolute atomic E-state index is 11.8. The van der Waals surface area contributed by atoms with Crippen LogP contribution in [0, 0.1) is 0 Å². The summed E-state index contributed by atoms with van der Waals surface area (Å²) < 4.78 is 1.74. The van der Waals surface area contributed by atoms with Crippen molar-refractivity contribution in [2.24, 2.45) is 5.84 Å². The van der Waals surface area contributed by atoms with Gasteiger partial charge < -0.3 is 0 Å². The van der Waals surface area contributed by atoms with Gasteiger partial charge in [0.15, 0.2) is 0 Å². The average molecular weight is 300 g/mol. The highest BCUT2D eigenvalue weighted by atomic mass is 32.1. The maximum Gasteiger partial charge on any atom is 0.275 e. The van der Waals surface area contributed by atoms with Crippen LogP contribution in [0.5, 0.6) is 0 Å². The van der Waals surface area contributed by atoms with Gasteiger partial charge in [-0.05, 0) is 24.3 Å². The number of carbonyl (C=O) groups is 1. The molecule has 3 aromatic rings. The molecule has 21 heavy (non-hydrogen) atoms. The SMILES string of the molecule is NNC(=O)c1ccc(Cn2ncc(=O)c3ccccc32)s1. The Labute approximate surface area is 123 Å². The zero-order chi connectivity index (χ0) is 14.8. The molecule has 0 aliphatic carbocycles. The number of nitrogens with two attached hydrogens (primary N) is 1. The van der Waals surface area contributed by atoms with E-state index in [0.29, 0.717) is 16.8 Å². The molecule has 3 N–H and O–H groups in total. The molecular weight excluding hydrogens is 288 g/mol. The molecule has 3 rings (SSSR count). The zero-order valence-corrected chi connectivity index (χ0v) is 11.8. The fourth-order valence-electron chi connectivity index (χ4n) is 2.09. The van der Waals surface area contributed by atoms with E-state index in [1.165, 1.54) is 17.5 Å². The molecule has 0 atom stereocenters. The number of hydrogen-bond donors (Lipinski definition) is 2. The fourth-order valence-corrected chi connectivity index (χ4v) is 2.98. The van der Waals surface area contributed by atoms with Crippen LogP contribution in [0.25, 0.3) is 10.9 Å². The monoisotopic (exact) mass is 300 g/mol. The number of thiophene rings is 1. The number of rotatable bonds is 3. The normalized spacial score (nSPS) is 10.7. The van der Waals surface area contributed by atoms with Crippen molar-refractivity contribution in [1.82, 2.24) is 15.2 Å². The number of nitrogens with zero attached hydrogens (tertiary/aromatic N) is 2. The van der Waals surface area contributed by atoms with E-state index in [4.69, 9.17) is 5.84 Å². The molecule has 0 bridgehead atoms. The van der Waals surface area contributed by atoms with Crippen LogP contribution in [0.2, 0.25) is 0 Å². The van der Waals surface area contributed by atoms with Crippen LogP contribution in [0.3, 0.4) is 0 Å². The highest BCUT2D eigenvalue weighted by Gasteiger charge is 2.09. The van der Waals surface area contributed by atoms with Gasteiger partial charge in [-0.25, -0.2) is 5.84 Å². The number of amides is 1. The minimum atomic E-state index is -0.316. The summed E-state index contributed by atoms with van der Waals surface area (Å²) in [5.74, 6) is 4.80. The second-order valence-corrected chi connectivity index (χ2v) is 5.59. The summed E-state index contributed by atoms with van der Waals surface area (Å²) in [7, 11) is 0. The van der Waals surface area contributed by atoms with E-state index in [9.17, 15) is 9.59 Å². The third-order valence-corrected chi connectivity index (χ3v) is 4.15. The number of hydrogen-bond acceptors (Lipinski definition) is 5. The highest BCUT2D eigenvalue weighted by molar-refractivity contribution is 7.14. The highest BCUT2D eigenvalue weighted by Crippen LogP contribution is 2.18. The number of benzene rings is 1. The summed E-state index contributed by atoms with van der Waals surface area (Å²) in [6.07, 6.45) is 1.31. The summed E-state index contributed by atoms with van der Waals surface area (Å²) in [6, 6.07) is 10.9. The first kappa shape index (κ1) is 13.5. The van der Waals surface area contributed by atoms with Crippen molar-refractivity contribution >= 4 is 28.1 Å². The molecule has 0 aliphatic heterocycles. The van der Waals surface area contributed by atoms with E-state index in [1.807, 2.05) is 24.3 Å². The van der Waals surface area contributed by atoms with Crippen molar-refractivity contribution in [2.45, 2.75) is 6.54 Å². The van der Waals surface area contributed by atoms with Gasteiger partial charge in [0.25, 0.3) is 5.91 Å². The van der Waals surface area contributed by atoms with E-state index >= 15 is 0 Å². The Kier molecular flexibility index (Phi) is 3.51. The van der Waals surface area contributed by atoms with Crippen molar-refractivity contribution in [2.75, 3.05) is 0 Å². The number of carbonyl (C=O) groups excluding carboxylic acids is 1. The number of fused-ring (bicyclic) bond motifs is 1. The Balaban J connectivity index is 1.99. The minimum absolute atomic E-state index is 0.101. The van der Waals surface area contributed by atoms with Crippen LogP contribution >= 0.6 is 11.3 Å². The predicted molar refractivity (Wildman–Crippen MR) is 81.1 cm³/mol.